The highest BCUT2D eigenvalue weighted by Gasteiger charge is 2.28. The van der Waals surface area contributed by atoms with Gasteiger partial charge < -0.3 is 35.6 Å². The number of nitrogens with one attached hydrogen (secondary N) is 4. The summed E-state index contributed by atoms with van der Waals surface area (Å²) < 4.78 is 26.3. The number of halogens is 1. The zero-order valence-electron chi connectivity index (χ0n) is 26.5. The maximum absolute atomic E-state index is 14.5. The van der Waals surface area contributed by atoms with E-state index in [0.29, 0.717) is 49.5 Å². The first-order valence-corrected chi connectivity index (χ1v) is 15.2. The van der Waals surface area contributed by atoms with Crippen LogP contribution in [0.1, 0.15) is 67.1 Å². The standard InChI is InChI=1S/C31H37FN8O7/c1-17(27(42)33-13-18-7-9-39(10-8-18)30(45)47-31(2,3)4)36-29(44)23-12-22(38-26-20(32)15-35-40(23)26)28(43)34-14-19-5-6-24-21(11-19)37-25(41)16-46-24/h5-6,11-12,15,17-18H,7-10,13-14,16H2,1-4H3,(H,33,42)(H,34,43)(H,36,44)(H,37,41)/t17-/m0/s1. The molecule has 15 nitrogen and oxygen atoms in total. The molecule has 2 aliphatic heterocycles. The van der Waals surface area contributed by atoms with E-state index in [-0.39, 0.29) is 48.1 Å². The van der Waals surface area contributed by atoms with Crippen molar-refractivity contribution in [2.75, 3.05) is 31.6 Å². The summed E-state index contributed by atoms with van der Waals surface area (Å²) >= 11 is 0. The van der Waals surface area contributed by atoms with Gasteiger partial charge in [0.1, 0.15) is 28.8 Å². The molecule has 0 spiro atoms. The van der Waals surface area contributed by atoms with Crippen LogP contribution in [-0.4, -0.2) is 87.1 Å². The van der Waals surface area contributed by atoms with E-state index in [1.54, 1.807) is 23.1 Å². The number of amides is 5. The van der Waals surface area contributed by atoms with Crippen LogP contribution >= 0.6 is 0 Å². The molecular formula is C31H37FN8O7. The van der Waals surface area contributed by atoms with Crippen molar-refractivity contribution in [3.05, 3.63) is 53.2 Å². The Morgan fingerprint density at radius 3 is 2.60 bits per heavy atom. The van der Waals surface area contributed by atoms with Crippen LogP contribution < -0.4 is 26.0 Å². The van der Waals surface area contributed by atoms with Gasteiger partial charge in [-0.3, -0.25) is 19.2 Å². The number of hydrogen-bond donors (Lipinski definition) is 4. The first-order valence-electron chi connectivity index (χ1n) is 15.2. The number of fused-ring (bicyclic) bond motifs is 2. The van der Waals surface area contributed by atoms with E-state index in [9.17, 15) is 28.4 Å². The summed E-state index contributed by atoms with van der Waals surface area (Å²) in [7, 11) is 0. The predicted octanol–water partition coefficient (Wildman–Crippen LogP) is 2.01. The number of carbonyl (C=O) groups excluding carboxylic acids is 5. The Hall–Kier alpha value is -5.28. The molecule has 5 amide bonds. The molecule has 2 aliphatic rings. The van der Waals surface area contributed by atoms with Crippen LogP contribution in [0.25, 0.3) is 5.65 Å². The number of likely N-dealkylation sites (tertiary alicyclic amines) is 1. The van der Waals surface area contributed by atoms with Gasteiger partial charge in [0.2, 0.25) is 5.91 Å². The van der Waals surface area contributed by atoms with Gasteiger partial charge in [-0.15, -0.1) is 0 Å². The average molecular weight is 653 g/mol. The third kappa shape index (κ3) is 8.12. The van der Waals surface area contributed by atoms with E-state index >= 15 is 0 Å². The molecule has 4 heterocycles. The van der Waals surface area contributed by atoms with Crippen LogP contribution in [0.4, 0.5) is 14.9 Å². The highest BCUT2D eigenvalue weighted by Crippen LogP contribution is 2.28. The second kappa shape index (κ2) is 13.6. The van der Waals surface area contributed by atoms with E-state index in [4.69, 9.17) is 9.47 Å². The summed E-state index contributed by atoms with van der Waals surface area (Å²) in [5.41, 5.74) is -0.254. The Morgan fingerprint density at radius 2 is 1.87 bits per heavy atom. The number of ether oxygens (including phenoxy) is 2. The molecule has 1 atom stereocenters. The van der Waals surface area contributed by atoms with Gasteiger partial charge in [-0.25, -0.2) is 18.7 Å². The third-order valence-corrected chi connectivity index (χ3v) is 7.60. The summed E-state index contributed by atoms with van der Waals surface area (Å²) in [5.74, 6) is -2.40. The minimum atomic E-state index is -0.973. The molecule has 3 aromatic rings. The molecule has 1 saturated heterocycles. The van der Waals surface area contributed by atoms with Crippen molar-refractivity contribution in [3.63, 3.8) is 0 Å². The fraction of sp³-hybridized carbons (Fsp3) is 0.452. The zero-order valence-corrected chi connectivity index (χ0v) is 26.5. The van der Waals surface area contributed by atoms with Crippen molar-refractivity contribution >= 4 is 41.1 Å². The number of rotatable bonds is 8. The Kier molecular flexibility index (Phi) is 9.58. The molecular weight excluding hydrogens is 615 g/mol. The summed E-state index contributed by atoms with van der Waals surface area (Å²) in [6.07, 6.45) is 1.87. The van der Waals surface area contributed by atoms with Crippen LogP contribution in [0, 0.1) is 11.7 Å². The van der Waals surface area contributed by atoms with Crippen molar-refractivity contribution in [2.24, 2.45) is 5.92 Å². The fourth-order valence-corrected chi connectivity index (χ4v) is 5.11. The number of hydrogen-bond acceptors (Lipinski definition) is 9. The zero-order chi connectivity index (χ0) is 33.9. The topological polar surface area (TPSA) is 185 Å². The first kappa shape index (κ1) is 33.1. The molecule has 4 N–H and O–H groups in total. The quantitative estimate of drug-likeness (QED) is 0.283. The van der Waals surface area contributed by atoms with Crippen molar-refractivity contribution in [2.45, 2.75) is 58.7 Å². The maximum Gasteiger partial charge on any atom is 0.410 e. The number of aromatic nitrogens is 3. The lowest BCUT2D eigenvalue weighted by Crippen LogP contribution is -2.48. The molecule has 5 rings (SSSR count). The number of benzene rings is 1. The van der Waals surface area contributed by atoms with Crippen LogP contribution in [-0.2, 0) is 20.9 Å². The minimum absolute atomic E-state index is 0.0371. The Bertz CT molecular complexity index is 1710. The lowest BCUT2D eigenvalue weighted by Gasteiger charge is -2.33. The SMILES string of the molecule is C[C@H](NC(=O)c1cc(C(=O)NCc2ccc3c(c2)NC(=O)CO3)nc2c(F)cnn12)C(=O)NCC1CCN(C(=O)OC(C)(C)C)CC1. The molecule has 0 unspecified atom stereocenters. The monoisotopic (exact) mass is 652 g/mol. The van der Waals surface area contributed by atoms with Crippen LogP contribution in [0.3, 0.4) is 0 Å². The van der Waals surface area contributed by atoms with E-state index in [1.807, 2.05) is 20.8 Å². The first-order chi connectivity index (χ1) is 22.3. The van der Waals surface area contributed by atoms with Gasteiger partial charge in [-0.05, 0) is 64.2 Å². The Labute approximate surface area is 269 Å². The van der Waals surface area contributed by atoms with E-state index in [2.05, 4.69) is 31.3 Å². The summed E-state index contributed by atoms with van der Waals surface area (Å²) in [6, 6.07) is 5.21. The van der Waals surface area contributed by atoms with Crippen molar-refractivity contribution in [1.29, 1.82) is 0 Å². The number of nitrogens with zero attached hydrogens (tertiary/aromatic N) is 4. The van der Waals surface area contributed by atoms with Gasteiger partial charge in [0.15, 0.2) is 18.1 Å². The van der Waals surface area contributed by atoms with Gasteiger partial charge >= 0.3 is 6.09 Å². The molecule has 0 aliphatic carbocycles. The molecule has 16 heteroatoms. The van der Waals surface area contributed by atoms with E-state index in [0.717, 1.165) is 16.8 Å². The fourth-order valence-electron chi connectivity index (χ4n) is 5.11. The normalized spacial score (nSPS) is 15.6. The number of piperidine rings is 1. The number of anilines is 1. The lowest BCUT2D eigenvalue weighted by atomic mass is 9.97. The Balaban J connectivity index is 1.17. The second-order valence-electron chi connectivity index (χ2n) is 12.5. The smallest absolute Gasteiger partial charge is 0.410 e. The molecule has 0 bridgehead atoms. The van der Waals surface area contributed by atoms with E-state index < -0.39 is 35.2 Å². The lowest BCUT2D eigenvalue weighted by molar-refractivity contribution is -0.123. The molecule has 1 fully saturated rings. The molecule has 250 valence electrons. The van der Waals surface area contributed by atoms with Crippen LogP contribution in [0.5, 0.6) is 5.75 Å². The molecule has 47 heavy (non-hydrogen) atoms. The summed E-state index contributed by atoms with van der Waals surface area (Å²) in [5, 5.41) is 14.6. The molecule has 2 aromatic heterocycles. The maximum atomic E-state index is 14.5. The van der Waals surface area contributed by atoms with Crippen molar-refractivity contribution in [3.8, 4) is 5.75 Å². The van der Waals surface area contributed by atoms with Crippen molar-refractivity contribution in [1.82, 2.24) is 35.4 Å². The Morgan fingerprint density at radius 1 is 1.13 bits per heavy atom. The van der Waals surface area contributed by atoms with E-state index in [1.165, 1.54) is 6.92 Å². The summed E-state index contributed by atoms with van der Waals surface area (Å²) in [6.45, 7) is 8.27. The van der Waals surface area contributed by atoms with Gasteiger partial charge in [-0.2, -0.15) is 5.10 Å². The second-order valence-corrected chi connectivity index (χ2v) is 12.5. The predicted molar refractivity (Wildman–Crippen MR) is 165 cm³/mol. The molecule has 0 saturated carbocycles. The average Bonchev–Trinajstić information content (AvgIpc) is 3.41. The highest BCUT2D eigenvalue weighted by molar-refractivity contribution is 6.00. The van der Waals surface area contributed by atoms with Crippen LogP contribution in [0.15, 0.2) is 30.5 Å². The largest absolute Gasteiger partial charge is 0.482 e. The van der Waals surface area contributed by atoms with Gasteiger partial charge in [-0.1, -0.05) is 6.07 Å². The van der Waals surface area contributed by atoms with Gasteiger partial charge in [0.25, 0.3) is 17.7 Å². The van der Waals surface area contributed by atoms with Gasteiger partial charge in [0.05, 0.1) is 11.9 Å². The third-order valence-electron chi connectivity index (χ3n) is 7.60. The molecule has 0 radical (unpaired) electrons. The highest BCUT2D eigenvalue weighted by atomic mass is 19.1. The summed E-state index contributed by atoms with van der Waals surface area (Å²) in [4.78, 5) is 68.8. The number of carbonyl (C=O) groups is 5. The molecule has 1 aromatic carbocycles. The minimum Gasteiger partial charge on any atom is -0.482 e. The van der Waals surface area contributed by atoms with Crippen molar-refractivity contribution < 1.29 is 37.8 Å². The van der Waals surface area contributed by atoms with Crippen LogP contribution in [0.2, 0.25) is 0 Å². The van der Waals surface area contributed by atoms with Gasteiger partial charge in [0, 0.05) is 32.2 Å².